The number of allylic oxidation sites excluding steroid dienone is 4. The Kier molecular flexibility index (Phi) is 2.30. The lowest BCUT2D eigenvalue weighted by atomic mass is 9.98. The monoisotopic (exact) mass is 189 g/mol. The second kappa shape index (κ2) is 2.89. The maximum absolute atomic E-state index is 12.5. The number of halogens is 3. The van der Waals surface area contributed by atoms with Crippen molar-refractivity contribution in [3.05, 3.63) is 28.2 Å². The van der Waals surface area contributed by atoms with Crippen LogP contribution in [0.2, 0.25) is 0 Å². The van der Waals surface area contributed by atoms with Gasteiger partial charge in [0.05, 0.1) is 0 Å². The summed E-state index contributed by atoms with van der Waals surface area (Å²) in [5.41, 5.74) is 1.42. The first-order valence-electron chi connectivity index (χ1n) is 4.07. The molecule has 13 heavy (non-hydrogen) atoms. The van der Waals surface area contributed by atoms with Gasteiger partial charge in [-0.2, -0.15) is 13.2 Å². The van der Waals surface area contributed by atoms with E-state index in [2.05, 4.69) is 0 Å². The van der Waals surface area contributed by atoms with Gasteiger partial charge in [-0.15, -0.1) is 0 Å². The molecule has 0 N–H and O–H groups in total. The van der Waals surface area contributed by atoms with E-state index in [-0.39, 0.29) is 0 Å². The molecule has 0 spiro atoms. The third kappa shape index (κ3) is 1.52. The summed E-state index contributed by atoms with van der Waals surface area (Å²) in [4.78, 5) is 0. The predicted molar refractivity (Wildman–Crippen MR) is 46.0 cm³/mol. The molecule has 1 rings (SSSR count). The summed E-state index contributed by atoms with van der Waals surface area (Å²) >= 11 is 0. The molecule has 1 radical (unpaired) electrons. The highest BCUT2D eigenvalue weighted by Crippen LogP contribution is 2.45. The molecule has 0 heterocycles. The molecule has 0 amide bonds. The van der Waals surface area contributed by atoms with Crippen LogP contribution in [0, 0.1) is 5.92 Å². The van der Waals surface area contributed by atoms with Crippen molar-refractivity contribution in [2.24, 2.45) is 0 Å². The van der Waals surface area contributed by atoms with Crippen molar-refractivity contribution in [3.8, 4) is 0 Å². The van der Waals surface area contributed by atoms with E-state index in [0.717, 1.165) is 11.1 Å². The molecule has 0 aromatic carbocycles. The van der Waals surface area contributed by atoms with Crippen LogP contribution in [0.25, 0.3) is 0 Å². The normalized spacial score (nSPS) is 20.5. The first-order chi connectivity index (χ1) is 5.76. The number of hydrogen-bond acceptors (Lipinski definition) is 0. The van der Waals surface area contributed by atoms with Crippen molar-refractivity contribution < 1.29 is 13.2 Å². The average molecular weight is 189 g/mol. The van der Waals surface area contributed by atoms with Gasteiger partial charge in [0.2, 0.25) is 0 Å². The van der Waals surface area contributed by atoms with Gasteiger partial charge in [0, 0.05) is 11.5 Å². The summed E-state index contributed by atoms with van der Waals surface area (Å²) in [5.74, 6) is 0.363. The van der Waals surface area contributed by atoms with E-state index in [4.69, 9.17) is 0 Å². The summed E-state index contributed by atoms with van der Waals surface area (Å²) in [6.45, 7) is 6.51. The highest BCUT2D eigenvalue weighted by molar-refractivity contribution is 5.58. The van der Waals surface area contributed by atoms with Crippen LogP contribution in [-0.4, -0.2) is 6.18 Å². The van der Waals surface area contributed by atoms with Crippen LogP contribution in [0.5, 0.6) is 0 Å². The standard InChI is InChI=1S/C10H12F3/c1-5-6(2)8(4)9(7(5)3)10(11,12)13/h1-4H3. The molecule has 0 bridgehead atoms. The number of alkyl halides is 3. The van der Waals surface area contributed by atoms with Crippen molar-refractivity contribution in [2.45, 2.75) is 33.9 Å². The van der Waals surface area contributed by atoms with Gasteiger partial charge >= 0.3 is 6.18 Å². The Labute approximate surface area is 76.1 Å². The second-order valence-electron chi connectivity index (χ2n) is 3.37. The maximum Gasteiger partial charge on any atom is 0.413 e. The molecule has 1 aliphatic carbocycles. The van der Waals surface area contributed by atoms with Gasteiger partial charge < -0.3 is 0 Å². The highest BCUT2D eigenvalue weighted by Gasteiger charge is 2.42. The lowest BCUT2D eigenvalue weighted by Gasteiger charge is -2.14. The minimum absolute atomic E-state index is 0.363. The van der Waals surface area contributed by atoms with Gasteiger partial charge in [0.15, 0.2) is 0 Å². The summed E-state index contributed by atoms with van der Waals surface area (Å²) < 4.78 is 37.5. The fourth-order valence-electron chi connectivity index (χ4n) is 1.64. The van der Waals surface area contributed by atoms with Crippen molar-refractivity contribution in [1.82, 2.24) is 0 Å². The lowest BCUT2D eigenvalue weighted by Crippen LogP contribution is -2.16. The van der Waals surface area contributed by atoms with E-state index in [1.165, 1.54) is 13.8 Å². The van der Waals surface area contributed by atoms with Gasteiger partial charge in [-0.3, -0.25) is 0 Å². The van der Waals surface area contributed by atoms with Gasteiger partial charge in [-0.25, -0.2) is 0 Å². The summed E-state index contributed by atoms with van der Waals surface area (Å²) in [6.07, 6.45) is -4.22. The lowest BCUT2D eigenvalue weighted by molar-refractivity contribution is -0.0913. The van der Waals surface area contributed by atoms with Gasteiger partial charge in [0.1, 0.15) is 0 Å². The first-order valence-corrected chi connectivity index (χ1v) is 4.07. The van der Waals surface area contributed by atoms with E-state index in [9.17, 15) is 13.2 Å². The van der Waals surface area contributed by atoms with E-state index in [0.29, 0.717) is 11.5 Å². The minimum atomic E-state index is -4.22. The molecule has 0 aliphatic heterocycles. The van der Waals surface area contributed by atoms with Crippen molar-refractivity contribution >= 4 is 0 Å². The zero-order chi connectivity index (χ0) is 10.4. The molecule has 0 nitrogen and oxygen atoms in total. The fourth-order valence-corrected chi connectivity index (χ4v) is 1.64. The summed E-state index contributed by atoms with van der Waals surface area (Å²) in [5, 5.41) is 0. The molecule has 0 fully saturated rings. The van der Waals surface area contributed by atoms with Crippen molar-refractivity contribution in [3.63, 3.8) is 0 Å². The molecular formula is C10H12F3. The molecule has 0 saturated heterocycles. The third-order valence-corrected chi connectivity index (χ3v) is 2.72. The minimum Gasteiger partial charge on any atom is -0.166 e. The average Bonchev–Trinajstić information content (AvgIpc) is 2.14. The van der Waals surface area contributed by atoms with E-state index in [1.54, 1.807) is 13.8 Å². The Morgan fingerprint density at radius 1 is 0.769 bits per heavy atom. The molecule has 3 heteroatoms. The zero-order valence-electron chi connectivity index (χ0n) is 8.13. The molecule has 1 aliphatic rings. The third-order valence-electron chi connectivity index (χ3n) is 2.72. The molecular weight excluding hydrogens is 177 g/mol. The van der Waals surface area contributed by atoms with Crippen LogP contribution < -0.4 is 0 Å². The van der Waals surface area contributed by atoms with E-state index >= 15 is 0 Å². The first kappa shape index (κ1) is 10.4. The number of hydrogen-bond donors (Lipinski definition) is 0. The quantitative estimate of drug-likeness (QED) is 0.543. The Balaban J connectivity index is 3.19. The molecule has 0 unspecified atom stereocenters. The van der Waals surface area contributed by atoms with Crippen LogP contribution in [-0.2, 0) is 0 Å². The predicted octanol–water partition coefficient (Wildman–Crippen LogP) is 3.81. The van der Waals surface area contributed by atoms with Crippen LogP contribution in [0.15, 0.2) is 22.3 Å². The maximum atomic E-state index is 12.5. The molecule has 73 valence electrons. The van der Waals surface area contributed by atoms with Gasteiger partial charge in [-0.05, 0) is 31.9 Å². The smallest absolute Gasteiger partial charge is 0.166 e. The molecule has 0 atom stereocenters. The van der Waals surface area contributed by atoms with Crippen LogP contribution in [0.3, 0.4) is 0 Å². The largest absolute Gasteiger partial charge is 0.413 e. The zero-order valence-corrected chi connectivity index (χ0v) is 8.13. The molecule has 0 aromatic rings. The Morgan fingerprint density at radius 2 is 1.23 bits per heavy atom. The second-order valence-corrected chi connectivity index (χ2v) is 3.37. The van der Waals surface area contributed by atoms with Crippen molar-refractivity contribution in [1.29, 1.82) is 0 Å². The van der Waals surface area contributed by atoms with Crippen LogP contribution in [0.4, 0.5) is 13.2 Å². The summed E-state index contributed by atoms with van der Waals surface area (Å²) in [7, 11) is 0. The highest BCUT2D eigenvalue weighted by atomic mass is 19.4. The molecule has 0 saturated carbocycles. The van der Waals surface area contributed by atoms with Gasteiger partial charge in [0.25, 0.3) is 0 Å². The molecule has 0 aromatic heterocycles. The van der Waals surface area contributed by atoms with Crippen LogP contribution >= 0.6 is 0 Å². The summed E-state index contributed by atoms with van der Waals surface area (Å²) in [6, 6.07) is 0. The Morgan fingerprint density at radius 3 is 1.38 bits per heavy atom. The van der Waals surface area contributed by atoms with Crippen molar-refractivity contribution in [2.75, 3.05) is 0 Å². The van der Waals surface area contributed by atoms with E-state index < -0.39 is 11.7 Å². The fraction of sp³-hybridized carbons (Fsp3) is 0.500. The van der Waals surface area contributed by atoms with E-state index in [1.807, 2.05) is 0 Å². The van der Waals surface area contributed by atoms with Gasteiger partial charge in [-0.1, -0.05) is 12.5 Å². The SMILES string of the molecule is C[C]1C(C)=C(C)C(C)=C1C(F)(F)F. The Bertz CT molecular complexity index is 292. The topological polar surface area (TPSA) is 0 Å². The Hall–Kier alpha value is -0.730. The number of rotatable bonds is 0. The van der Waals surface area contributed by atoms with Crippen LogP contribution in [0.1, 0.15) is 27.7 Å².